The summed E-state index contributed by atoms with van der Waals surface area (Å²) in [4.78, 5) is 38.1. The maximum atomic E-state index is 13.0. The highest BCUT2D eigenvalue weighted by atomic mass is 16.5. The summed E-state index contributed by atoms with van der Waals surface area (Å²) in [5, 5.41) is 4.50. The number of urea groups is 1. The van der Waals surface area contributed by atoms with Crippen LogP contribution in [0.5, 0.6) is 5.75 Å². The Morgan fingerprint density at radius 3 is 2.66 bits per heavy atom. The molecule has 0 aliphatic carbocycles. The average molecular weight is 434 g/mol. The van der Waals surface area contributed by atoms with Crippen LogP contribution in [0.25, 0.3) is 16.8 Å². The summed E-state index contributed by atoms with van der Waals surface area (Å²) in [6.07, 6.45) is 1.56. The van der Waals surface area contributed by atoms with Crippen LogP contribution in [-0.4, -0.2) is 36.0 Å². The molecule has 3 aromatic rings. The second kappa shape index (κ2) is 8.58. The lowest BCUT2D eigenvalue weighted by atomic mass is 10.0. The lowest BCUT2D eigenvalue weighted by Gasteiger charge is -2.15. The number of methoxy groups -OCH3 is 1. The van der Waals surface area contributed by atoms with E-state index in [0.717, 1.165) is 15.7 Å². The van der Waals surface area contributed by atoms with E-state index in [4.69, 9.17) is 9.15 Å². The number of carbonyl (C=O) groups is 3. The Hall–Kier alpha value is -4.07. The third kappa shape index (κ3) is 4.07. The summed E-state index contributed by atoms with van der Waals surface area (Å²) in [7, 11) is 1.24. The highest BCUT2D eigenvalue weighted by molar-refractivity contribution is 6.14. The summed E-state index contributed by atoms with van der Waals surface area (Å²) in [5.74, 6) is -0.252. The Balaban J connectivity index is 1.66. The van der Waals surface area contributed by atoms with E-state index in [-0.39, 0.29) is 29.9 Å². The van der Waals surface area contributed by atoms with E-state index in [1.165, 1.54) is 19.2 Å². The topological polar surface area (TPSA) is 98.1 Å². The fraction of sp³-hybridized carbons (Fsp3) is 0.208. The second-order valence-corrected chi connectivity index (χ2v) is 7.50. The van der Waals surface area contributed by atoms with Crippen LogP contribution in [0.4, 0.5) is 4.79 Å². The molecule has 2 heterocycles. The standard InChI is InChI=1S/C24H22N2O6/c1-14(2)31-20-10-8-15-6-4-5-7-17(15)18(20)12-19-22(27)26(24(29)25-19)13-16-9-11-21(32-16)23(28)30-3/h4-12,14H,13H2,1-3H3,(H,25,29). The Kier molecular flexibility index (Phi) is 5.68. The Morgan fingerprint density at radius 2 is 1.91 bits per heavy atom. The fourth-order valence-corrected chi connectivity index (χ4v) is 3.47. The minimum atomic E-state index is -0.636. The number of amides is 3. The summed E-state index contributed by atoms with van der Waals surface area (Å²) < 4.78 is 15.9. The van der Waals surface area contributed by atoms with Crippen molar-refractivity contribution in [1.82, 2.24) is 10.2 Å². The molecule has 0 bridgehead atoms. The number of fused-ring (bicyclic) bond motifs is 1. The molecule has 1 saturated heterocycles. The first kappa shape index (κ1) is 21.2. The molecule has 8 nitrogen and oxygen atoms in total. The van der Waals surface area contributed by atoms with Crippen molar-refractivity contribution in [2.24, 2.45) is 0 Å². The van der Waals surface area contributed by atoms with Gasteiger partial charge in [0.05, 0.1) is 19.8 Å². The smallest absolute Gasteiger partial charge is 0.373 e. The van der Waals surface area contributed by atoms with Gasteiger partial charge in [-0.2, -0.15) is 0 Å². The molecule has 1 aromatic heterocycles. The molecule has 0 saturated carbocycles. The van der Waals surface area contributed by atoms with Gasteiger partial charge in [0.1, 0.15) is 17.2 Å². The molecule has 0 unspecified atom stereocenters. The Morgan fingerprint density at radius 1 is 1.12 bits per heavy atom. The van der Waals surface area contributed by atoms with Crippen LogP contribution < -0.4 is 10.1 Å². The molecule has 32 heavy (non-hydrogen) atoms. The van der Waals surface area contributed by atoms with Gasteiger partial charge in [0.15, 0.2) is 0 Å². The van der Waals surface area contributed by atoms with E-state index >= 15 is 0 Å². The molecule has 1 aliphatic heterocycles. The number of imide groups is 1. The normalized spacial score (nSPS) is 15.0. The van der Waals surface area contributed by atoms with Crippen molar-refractivity contribution >= 4 is 34.8 Å². The SMILES string of the molecule is COC(=O)c1ccc(CN2C(=O)NC(=Cc3c(OC(C)C)ccc4ccccc34)C2=O)o1. The largest absolute Gasteiger partial charge is 0.490 e. The van der Waals surface area contributed by atoms with E-state index in [0.29, 0.717) is 11.3 Å². The zero-order chi connectivity index (χ0) is 22.8. The number of ether oxygens (including phenoxy) is 2. The molecule has 1 fully saturated rings. The van der Waals surface area contributed by atoms with Crippen LogP contribution in [-0.2, 0) is 16.1 Å². The Labute approximate surface area is 184 Å². The van der Waals surface area contributed by atoms with Gasteiger partial charge in [-0.15, -0.1) is 0 Å². The Bertz CT molecular complexity index is 1240. The highest BCUT2D eigenvalue weighted by Crippen LogP contribution is 2.32. The minimum Gasteiger partial charge on any atom is -0.490 e. The van der Waals surface area contributed by atoms with Gasteiger partial charge in [0.2, 0.25) is 5.76 Å². The van der Waals surface area contributed by atoms with Crippen LogP contribution >= 0.6 is 0 Å². The quantitative estimate of drug-likeness (QED) is 0.356. The molecule has 0 radical (unpaired) electrons. The zero-order valence-electron chi connectivity index (χ0n) is 17.9. The predicted octanol–water partition coefficient (Wildman–Crippen LogP) is 4.10. The summed E-state index contributed by atoms with van der Waals surface area (Å²) >= 11 is 0. The lowest BCUT2D eigenvalue weighted by Crippen LogP contribution is -2.30. The maximum absolute atomic E-state index is 13.0. The van der Waals surface area contributed by atoms with Gasteiger partial charge in [-0.05, 0) is 48.9 Å². The van der Waals surface area contributed by atoms with Gasteiger partial charge >= 0.3 is 12.0 Å². The van der Waals surface area contributed by atoms with Crippen molar-refractivity contribution in [2.45, 2.75) is 26.5 Å². The average Bonchev–Trinajstić information content (AvgIpc) is 3.35. The minimum absolute atomic E-state index is 0.00319. The number of carbonyl (C=O) groups excluding carboxylic acids is 3. The molecule has 1 N–H and O–H groups in total. The lowest BCUT2D eigenvalue weighted by molar-refractivity contribution is -0.123. The van der Waals surface area contributed by atoms with Gasteiger partial charge in [-0.25, -0.2) is 9.59 Å². The molecule has 4 rings (SSSR count). The molecule has 3 amide bonds. The molecule has 2 aromatic carbocycles. The molecule has 8 heteroatoms. The van der Waals surface area contributed by atoms with E-state index in [9.17, 15) is 14.4 Å². The van der Waals surface area contributed by atoms with Gasteiger partial charge in [0, 0.05) is 5.56 Å². The first-order chi connectivity index (χ1) is 15.4. The number of benzene rings is 2. The fourth-order valence-electron chi connectivity index (χ4n) is 3.47. The van der Waals surface area contributed by atoms with Crippen LogP contribution in [0.15, 0.2) is 58.6 Å². The zero-order valence-corrected chi connectivity index (χ0v) is 17.9. The summed E-state index contributed by atoms with van der Waals surface area (Å²) in [6, 6.07) is 13.9. The number of hydrogen-bond donors (Lipinski definition) is 1. The van der Waals surface area contributed by atoms with Gasteiger partial charge < -0.3 is 19.2 Å². The molecular formula is C24H22N2O6. The molecular weight excluding hydrogens is 412 g/mol. The van der Waals surface area contributed by atoms with E-state index in [2.05, 4.69) is 10.1 Å². The maximum Gasteiger partial charge on any atom is 0.373 e. The first-order valence-corrected chi connectivity index (χ1v) is 10.1. The highest BCUT2D eigenvalue weighted by Gasteiger charge is 2.34. The van der Waals surface area contributed by atoms with Crippen LogP contribution in [0.1, 0.15) is 35.7 Å². The van der Waals surface area contributed by atoms with Gasteiger partial charge in [0.25, 0.3) is 5.91 Å². The van der Waals surface area contributed by atoms with E-state index < -0.39 is 17.9 Å². The van der Waals surface area contributed by atoms with Crippen LogP contribution in [0.3, 0.4) is 0 Å². The van der Waals surface area contributed by atoms with Crippen LogP contribution in [0.2, 0.25) is 0 Å². The monoisotopic (exact) mass is 434 g/mol. The first-order valence-electron chi connectivity index (χ1n) is 10.1. The number of rotatable bonds is 6. The summed E-state index contributed by atoms with van der Waals surface area (Å²) in [6.45, 7) is 3.72. The van der Waals surface area contributed by atoms with Crippen LogP contribution in [0, 0.1) is 0 Å². The summed E-state index contributed by atoms with van der Waals surface area (Å²) in [5.41, 5.74) is 0.827. The molecule has 0 spiro atoms. The number of nitrogens with one attached hydrogen (secondary N) is 1. The molecule has 0 atom stereocenters. The van der Waals surface area contributed by atoms with Crippen molar-refractivity contribution in [3.8, 4) is 5.75 Å². The second-order valence-electron chi connectivity index (χ2n) is 7.50. The van der Waals surface area contributed by atoms with Crippen molar-refractivity contribution in [1.29, 1.82) is 0 Å². The van der Waals surface area contributed by atoms with Crippen molar-refractivity contribution in [2.75, 3.05) is 7.11 Å². The van der Waals surface area contributed by atoms with Gasteiger partial charge in [-0.3, -0.25) is 9.69 Å². The van der Waals surface area contributed by atoms with Crippen molar-refractivity contribution in [3.63, 3.8) is 0 Å². The molecule has 164 valence electrons. The van der Waals surface area contributed by atoms with E-state index in [1.54, 1.807) is 6.08 Å². The van der Waals surface area contributed by atoms with Crippen molar-refractivity contribution in [3.05, 3.63) is 71.3 Å². The number of furan rings is 1. The van der Waals surface area contributed by atoms with Gasteiger partial charge in [-0.1, -0.05) is 30.3 Å². The number of hydrogen-bond acceptors (Lipinski definition) is 6. The molecule has 1 aliphatic rings. The third-order valence-corrected chi connectivity index (χ3v) is 4.91. The van der Waals surface area contributed by atoms with E-state index in [1.807, 2.05) is 50.2 Å². The number of nitrogens with zero attached hydrogens (tertiary/aromatic N) is 1. The number of esters is 1. The third-order valence-electron chi connectivity index (χ3n) is 4.91. The van der Waals surface area contributed by atoms with Crippen molar-refractivity contribution < 1.29 is 28.3 Å². The predicted molar refractivity (Wildman–Crippen MR) is 117 cm³/mol.